The number of allylic oxidation sites excluding steroid dienone is 1. The van der Waals surface area contributed by atoms with Gasteiger partial charge in [0.05, 0.1) is 16.9 Å². The molecule has 2 aromatic rings. The van der Waals surface area contributed by atoms with E-state index in [4.69, 9.17) is 4.74 Å². The van der Waals surface area contributed by atoms with Gasteiger partial charge in [-0.1, -0.05) is 83.2 Å². The van der Waals surface area contributed by atoms with Gasteiger partial charge in [0.15, 0.2) is 0 Å². The number of esters is 1. The molecule has 0 amide bonds. The molecule has 8 atom stereocenters. The fourth-order valence-electron chi connectivity index (χ4n) is 10.4. The third-order valence-corrected chi connectivity index (χ3v) is 13.0. The number of fused-ring (bicyclic) bond motifs is 5. The molecule has 0 spiro atoms. The standard InChI is InChI=1S/C41H56N2O2/c1-27(2)8-7-9-29(4)36-20-21-37-35-19-14-31-26-34(22-24-40(31,5)38(35)23-25-41(36,37)6)45-39(44)30-12-17-33(18-13-30)43-42-32-15-10-28(3)11-16-32/h10-18,27,29,34-38H,7-9,19-26H2,1-6H3/b43-42+. The first-order valence-electron chi connectivity index (χ1n) is 18.1. The van der Waals surface area contributed by atoms with Gasteiger partial charge in [-0.25, -0.2) is 4.79 Å². The molecule has 45 heavy (non-hydrogen) atoms. The van der Waals surface area contributed by atoms with Crippen LogP contribution in [-0.2, 0) is 4.74 Å². The lowest BCUT2D eigenvalue weighted by atomic mass is 9.47. The summed E-state index contributed by atoms with van der Waals surface area (Å²) in [5, 5.41) is 8.64. The Morgan fingerprint density at radius 3 is 2.24 bits per heavy atom. The van der Waals surface area contributed by atoms with Gasteiger partial charge in [0.2, 0.25) is 0 Å². The number of hydrogen-bond acceptors (Lipinski definition) is 4. The van der Waals surface area contributed by atoms with Crippen molar-refractivity contribution in [3.63, 3.8) is 0 Å². The average Bonchev–Trinajstić information content (AvgIpc) is 3.38. The van der Waals surface area contributed by atoms with E-state index < -0.39 is 0 Å². The maximum Gasteiger partial charge on any atom is 0.338 e. The molecule has 0 radical (unpaired) electrons. The number of aryl methyl sites for hydroxylation is 1. The molecule has 0 heterocycles. The van der Waals surface area contributed by atoms with Gasteiger partial charge in [0.1, 0.15) is 6.10 Å². The van der Waals surface area contributed by atoms with Crippen LogP contribution in [0.4, 0.5) is 11.4 Å². The zero-order chi connectivity index (χ0) is 31.8. The molecule has 2 aromatic carbocycles. The van der Waals surface area contributed by atoms with Gasteiger partial charge >= 0.3 is 5.97 Å². The lowest BCUT2D eigenvalue weighted by Gasteiger charge is -2.58. The highest BCUT2D eigenvalue weighted by Crippen LogP contribution is 2.67. The first-order valence-corrected chi connectivity index (χ1v) is 18.1. The number of azo groups is 1. The van der Waals surface area contributed by atoms with Crippen molar-refractivity contribution in [2.45, 2.75) is 118 Å². The molecule has 3 fully saturated rings. The lowest BCUT2D eigenvalue weighted by molar-refractivity contribution is -0.0594. The highest BCUT2D eigenvalue weighted by atomic mass is 16.5. The molecule has 0 saturated heterocycles. The third kappa shape index (κ3) is 6.58. The normalized spacial score (nSPS) is 33.3. The second-order valence-corrected chi connectivity index (χ2v) is 16.1. The van der Waals surface area contributed by atoms with Crippen molar-refractivity contribution in [3.05, 3.63) is 71.3 Å². The van der Waals surface area contributed by atoms with Crippen molar-refractivity contribution in [1.29, 1.82) is 0 Å². The molecule has 6 rings (SSSR count). The molecular formula is C41H56N2O2. The van der Waals surface area contributed by atoms with E-state index in [1.165, 1.54) is 56.9 Å². The van der Waals surface area contributed by atoms with Crippen LogP contribution < -0.4 is 0 Å². The summed E-state index contributed by atoms with van der Waals surface area (Å²) in [7, 11) is 0. The summed E-state index contributed by atoms with van der Waals surface area (Å²) in [6, 6.07) is 15.2. The number of carbonyl (C=O) groups is 1. The van der Waals surface area contributed by atoms with Gasteiger partial charge in [-0.05, 0) is 135 Å². The van der Waals surface area contributed by atoms with Crippen molar-refractivity contribution in [1.82, 2.24) is 0 Å². The Labute approximate surface area is 272 Å². The van der Waals surface area contributed by atoms with Crippen LogP contribution in [0.5, 0.6) is 0 Å². The monoisotopic (exact) mass is 608 g/mol. The minimum Gasteiger partial charge on any atom is -0.458 e. The van der Waals surface area contributed by atoms with Crippen LogP contribution in [-0.4, -0.2) is 12.1 Å². The van der Waals surface area contributed by atoms with E-state index in [0.29, 0.717) is 11.0 Å². The van der Waals surface area contributed by atoms with Crippen LogP contribution in [0, 0.1) is 53.3 Å². The molecule has 4 aliphatic rings. The van der Waals surface area contributed by atoms with Crippen LogP contribution in [0.2, 0.25) is 0 Å². The minimum absolute atomic E-state index is 0.0364. The fourth-order valence-corrected chi connectivity index (χ4v) is 10.4. The predicted molar refractivity (Wildman–Crippen MR) is 184 cm³/mol. The number of carbonyl (C=O) groups excluding carboxylic acids is 1. The first-order chi connectivity index (χ1) is 21.6. The van der Waals surface area contributed by atoms with E-state index in [-0.39, 0.29) is 17.5 Å². The maximum absolute atomic E-state index is 13.2. The van der Waals surface area contributed by atoms with Gasteiger partial charge in [0.25, 0.3) is 0 Å². The predicted octanol–water partition coefficient (Wildman–Crippen LogP) is 12.0. The largest absolute Gasteiger partial charge is 0.458 e. The first kappa shape index (κ1) is 32.2. The third-order valence-electron chi connectivity index (χ3n) is 13.0. The lowest BCUT2D eigenvalue weighted by Crippen LogP contribution is -2.51. The van der Waals surface area contributed by atoms with Crippen LogP contribution in [0.1, 0.15) is 121 Å². The highest BCUT2D eigenvalue weighted by Gasteiger charge is 2.59. The van der Waals surface area contributed by atoms with Gasteiger partial charge in [-0.2, -0.15) is 10.2 Å². The summed E-state index contributed by atoms with van der Waals surface area (Å²) in [5.74, 6) is 4.82. The molecule has 4 aliphatic carbocycles. The van der Waals surface area contributed by atoms with Crippen molar-refractivity contribution < 1.29 is 9.53 Å². The quantitative estimate of drug-likeness (QED) is 0.161. The second kappa shape index (κ2) is 13.2. The molecule has 0 aromatic heterocycles. The van der Waals surface area contributed by atoms with E-state index in [1.54, 1.807) is 5.57 Å². The van der Waals surface area contributed by atoms with Crippen LogP contribution in [0.15, 0.2) is 70.4 Å². The minimum atomic E-state index is -0.229. The molecule has 3 saturated carbocycles. The van der Waals surface area contributed by atoms with Crippen LogP contribution in [0.3, 0.4) is 0 Å². The van der Waals surface area contributed by atoms with E-state index in [0.717, 1.165) is 66.1 Å². The SMILES string of the molecule is Cc1ccc(/N=N/c2ccc(C(=O)OC3CCC4(C)C(=CCC5C4CCC4(C)C(C(C)CCCC(C)C)CCC54)C3)cc2)cc1. The topological polar surface area (TPSA) is 51.0 Å². The molecule has 8 unspecified atom stereocenters. The summed E-state index contributed by atoms with van der Waals surface area (Å²) in [4.78, 5) is 13.2. The molecule has 0 N–H and O–H groups in total. The van der Waals surface area contributed by atoms with Crippen LogP contribution >= 0.6 is 0 Å². The Kier molecular flexibility index (Phi) is 9.42. The molecular weight excluding hydrogens is 552 g/mol. The molecule has 4 nitrogen and oxygen atoms in total. The Hall–Kier alpha value is -2.75. The number of rotatable bonds is 9. The highest BCUT2D eigenvalue weighted by molar-refractivity contribution is 5.89. The number of benzene rings is 2. The van der Waals surface area contributed by atoms with Gasteiger partial charge < -0.3 is 4.74 Å². The van der Waals surface area contributed by atoms with E-state index >= 15 is 0 Å². The van der Waals surface area contributed by atoms with E-state index in [9.17, 15) is 4.79 Å². The Balaban J connectivity index is 1.06. The number of hydrogen-bond donors (Lipinski definition) is 0. The Morgan fingerprint density at radius 2 is 1.56 bits per heavy atom. The van der Waals surface area contributed by atoms with Crippen molar-refractivity contribution in [2.75, 3.05) is 0 Å². The molecule has 0 bridgehead atoms. The summed E-state index contributed by atoms with van der Waals surface area (Å²) >= 11 is 0. The molecule has 242 valence electrons. The maximum atomic E-state index is 13.2. The molecule has 4 heteroatoms. The van der Waals surface area contributed by atoms with E-state index in [2.05, 4.69) is 57.8 Å². The fraction of sp³-hybridized carbons (Fsp3) is 0.634. The van der Waals surface area contributed by atoms with Crippen molar-refractivity contribution >= 4 is 17.3 Å². The summed E-state index contributed by atoms with van der Waals surface area (Å²) < 4.78 is 6.13. The van der Waals surface area contributed by atoms with E-state index in [1.807, 2.05) is 48.5 Å². The van der Waals surface area contributed by atoms with Crippen LogP contribution in [0.25, 0.3) is 0 Å². The average molecular weight is 609 g/mol. The summed E-state index contributed by atoms with van der Waals surface area (Å²) in [6.07, 6.45) is 16.6. The number of ether oxygens (including phenoxy) is 1. The van der Waals surface area contributed by atoms with Crippen molar-refractivity contribution in [2.24, 2.45) is 56.6 Å². The second-order valence-electron chi connectivity index (χ2n) is 16.1. The Morgan fingerprint density at radius 1 is 0.867 bits per heavy atom. The summed E-state index contributed by atoms with van der Waals surface area (Å²) in [6.45, 7) is 14.6. The smallest absolute Gasteiger partial charge is 0.338 e. The zero-order valence-corrected chi connectivity index (χ0v) is 28.7. The number of nitrogens with zero attached hydrogens (tertiary/aromatic N) is 2. The summed E-state index contributed by atoms with van der Waals surface area (Å²) in [5.41, 5.74) is 5.66. The van der Waals surface area contributed by atoms with Crippen molar-refractivity contribution in [3.8, 4) is 0 Å². The van der Waals surface area contributed by atoms with Gasteiger partial charge in [-0.15, -0.1) is 0 Å². The molecule has 0 aliphatic heterocycles. The Bertz CT molecular complexity index is 1390. The van der Waals surface area contributed by atoms with Gasteiger partial charge in [0, 0.05) is 6.42 Å². The zero-order valence-electron chi connectivity index (χ0n) is 28.7. The van der Waals surface area contributed by atoms with Gasteiger partial charge in [-0.3, -0.25) is 0 Å².